The molecular weight excluding hydrogens is 411 g/mol. The Morgan fingerprint density at radius 3 is 2.39 bits per heavy atom. The Hall–Kier alpha value is -3.29. The lowest BCUT2D eigenvalue weighted by Gasteiger charge is -2.28. The Balaban J connectivity index is 1.98. The molecule has 2 aromatic carbocycles. The van der Waals surface area contributed by atoms with Gasteiger partial charge in [-0.25, -0.2) is 4.79 Å². The number of carboxylic acid groups (broad SMARTS) is 1. The number of hydrogen-bond donors (Lipinski definition) is 2. The molecular formula is C23H22F3NO4. The maximum Gasteiger partial charge on any atom is 0.430 e. The van der Waals surface area contributed by atoms with Crippen LogP contribution in [0.25, 0.3) is 6.08 Å². The first-order valence-electron chi connectivity index (χ1n) is 9.81. The smallest absolute Gasteiger partial charge is 0.430 e. The van der Waals surface area contributed by atoms with Crippen molar-refractivity contribution in [1.82, 2.24) is 0 Å². The number of benzene rings is 2. The molecule has 1 aliphatic heterocycles. The number of fused-ring (bicyclic) bond motifs is 1. The van der Waals surface area contributed by atoms with Crippen molar-refractivity contribution in [3.8, 4) is 5.75 Å². The molecule has 0 spiro atoms. The van der Waals surface area contributed by atoms with E-state index >= 15 is 0 Å². The van der Waals surface area contributed by atoms with Gasteiger partial charge in [0.05, 0.1) is 5.57 Å². The second-order valence-corrected chi connectivity index (χ2v) is 7.44. The number of carbonyl (C=O) groups excluding carboxylic acids is 1. The Morgan fingerprint density at radius 1 is 1.06 bits per heavy atom. The molecule has 2 aromatic rings. The Kier molecular flexibility index (Phi) is 6.68. The second kappa shape index (κ2) is 9.24. The standard InChI is InChI=1S/C23H22F3NO4/c24-23(25,26)21-18(22(29)30)12-17-11-15(8-4-5-9-20(27)28)16(13-19(17)31-21)10-14-6-2-1-3-7-14/h1-3,6-7,11-13,21H,4-5,8-10H2,(H2,27,28)(H,29,30). The van der Waals surface area contributed by atoms with Gasteiger partial charge in [-0.2, -0.15) is 13.2 Å². The average Bonchev–Trinajstić information content (AvgIpc) is 2.70. The Morgan fingerprint density at radius 2 is 1.77 bits per heavy atom. The normalized spacial score (nSPS) is 15.6. The minimum atomic E-state index is -4.85. The van der Waals surface area contributed by atoms with E-state index in [1.807, 2.05) is 30.3 Å². The van der Waals surface area contributed by atoms with Crippen molar-refractivity contribution in [3.63, 3.8) is 0 Å². The van der Waals surface area contributed by atoms with Crippen LogP contribution in [0, 0.1) is 0 Å². The van der Waals surface area contributed by atoms with Crippen molar-refractivity contribution in [2.75, 3.05) is 0 Å². The van der Waals surface area contributed by atoms with Crippen molar-refractivity contribution in [2.24, 2.45) is 5.73 Å². The number of alkyl halides is 3. The first kappa shape index (κ1) is 22.4. The van der Waals surface area contributed by atoms with Crippen molar-refractivity contribution in [2.45, 2.75) is 44.4 Å². The highest BCUT2D eigenvalue weighted by molar-refractivity contribution is 5.95. The second-order valence-electron chi connectivity index (χ2n) is 7.44. The van der Waals surface area contributed by atoms with E-state index in [1.54, 1.807) is 12.1 Å². The predicted molar refractivity (Wildman–Crippen MR) is 109 cm³/mol. The number of ether oxygens (including phenoxy) is 1. The molecule has 5 nitrogen and oxygen atoms in total. The highest BCUT2D eigenvalue weighted by Gasteiger charge is 2.48. The van der Waals surface area contributed by atoms with E-state index in [4.69, 9.17) is 10.5 Å². The van der Waals surface area contributed by atoms with Crippen LogP contribution < -0.4 is 10.5 Å². The van der Waals surface area contributed by atoms with E-state index < -0.39 is 29.7 Å². The zero-order valence-electron chi connectivity index (χ0n) is 16.6. The number of nitrogens with two attached hydrogens (primary N) is 1. The number of amides is 1. The molecule has 1 atom stereocenters. The maximum absolute atomic E-state index is 13.4. The minimum Gasteiger partial charge on any atom is -0.478 e. The summed E-state index contributed by atoms with van der Waals surface area (Å²) in [4.78, 5) is 22.4. The third kappa shape index (κ3) is 5.65. The third-order valence-corrected chi connectivity index (χ3v) is 5.07. The molecule has 1 aliphatic rings. The van der Waals surface area contributed by atoms with Crippen molar-refractivity contribution in [3.05, 3.63) is 70.3 Å². The number of aryl methyl sites for hydroxylation is 1. The van der Waals surface area contributed by atoms with Crippen LogP contribution in [0.15, 0.2) is 48.0 Å². The minimum absolute atomic E-state index is 0.000794. The Labute approximate surface area is 177 Å². The molecule has 1 heterocycles. The molecule has 0 saturated carbocycles. The number of rotatable bonds is 8. The lowest BCUT2D eigenvalue weighted by atomic mass is 9.91. The molecule has 1 unspecified atom stereocenters. The van der Waals surface area contributed by atoms with Crippen molar-refractivity contribution >= 4 is 18.0 Å². The van der Waals surface area contributed by atoms with Gasteiger partial charge in [0.2, 0.25) is 12.0 Å². The summed E-state index contributed by atoms with van der Waals surface area (Å²) in [5.74, 6) is -2.07. The van der Waals surface area contributed by atoms with Crippen LogP contribution in [0.2, 0.25) is 0 Å². The summed E-state index contributed by atoms with van der Waals surface area (Å²) in [6.45, 7) is 0. The van der Waals surface area contributed by atoms with E-state index in [1.165, 1.54) is 0 Å². The molecule has 1 amide bonds. The maximum atomic E-state index is 13.4. The van der Waals surface area contributed by atoms with Crippen molar-refractivity contribution in [1.29, 1.82) is 0 Å². The summed E-state index contributed by atoms with van der Waals surface area (Å²) in [6.07, 6.45) is -3.81. The zero-order valence-corrected chi connectivity index (χ0v) is 16.6. The lowest BCUT2D eigenvalue weighted by Crippen LogP contribution is -2.40. The van der Waals surface area contributed by atoms with Crippen LogP contribution in [0.5, 0.6) is 5.75 Å². The SMILES string of the molecule is NC(=O)CCCCc1cc2c(cc1Cc1ccccc1)OC(C(F)(F)F)C(C(=O)O)=C2. The number of halogens is 3. The summed E-state index contributed by atoms with van der Waals surface area (Å²) in [5, 5.41) is 9.25. The van der Waals surface area contributed by atoms with Crippen molar-refractivity contribution < 1.29 is 32.6 Å². The molecule has 31 heavy (non-hydrogen) atoms. The fourth-order valence-electron chi connectivity index (χ4n) is 3.58. The predicted octanol–water partition coefficient (Wildman–Crippen LogP) is 4.27. The van der Waals surface area contributed by atoms with Crippen LogP contribution in [0.3, 0.4) is 0 Å². The molecule has 3 N–H and O–H groups in total. The molecule has 164 valence electrons. The van der Waals surface area contributed by atoms with Gasteiger partial charge in [0.25, 0.3) is 0 Å². The van der Waals surface area contributed by atoms with Gasteiger partial charge in [-0.1, -0.05) is 30.3 Å². The van der Waals surface area contributed by atoms with E-state index in [-0.39, 0.29) is 12.2 Å². The average molecular weight is 433 g/mol. The van der Waals surface area contributed by atoms with Crippen LogP contribution in [-0.4, -0.2) is 29.3 Å². The Bertz CT molecular complexity index is 1000. The third-order valence-electron chi connectivity index (χ3n) is 5.07. The van der Waals surface area contributed by atoms with Gasteiger partial charge in [0, 0.05) is 12.0 Å². The number of carboxylic acids is 1. The first-order valence-corrected chi connectivity index (χ1v) is 9.81. The fraction of sp³-hybridized carbons (Fsp3) is 0.304. The van der Waals surface area contributed by atoms with Gasteiger partial charge in [0.15, 0.2) is 0 Å². The number of primary amides is 1. The van der Waals surface area contributed by atoms with Gasteiger partial charge >= 0.3 is 12.1 Å². The lowest BCUT2D eigenvalue weighted by molar-refractivity contribution is -0.187. The van der Waals surface area contributed by atoms with Crippen LogP contribution in [-0.2, 0) is 22.4 Å². The van der Waals surface area contributed by atoms with E-state index in [0.29, 0.717) is 31.2 Å². The number of carbonyl (C=O) groups is 2. The number of unbranched alkanes of at least 4 members (excludes halogenated alkanes) is 1. The van der Waals surface area contributed by atoms with Gasteiger partial charge in [-0.05, 0) is 60.6 Å². The molecule has 3 rings (SSSR count). The summed E-state index contributed by atoms with van der Waals surface area (Å²) in [6, 6.07) is 12.7. The molecule has 0 saturated heterocycles. The molecule has 0 fully saturated rings. The fourth-order valence-corrected chi connectivity index (χ4v) is 3.58. The molecule has 0 aliphatic carbocycles. The zero-order chi connectivity index (χ0) is 22.6. The van der Waals surface area contributed by atoms with Gasteiger partial charge < -0.3 is 15.6 Å². The largest absolute Gasteiger partial charge is 0.478 e. The summed E-state index contributed by atoms with van der Waals surface area (Å²) >= 11 is 0. The molecule has 0 bridgehead atoms. The topological polar surface area (TPSA) is 89.6 Å². The monoisotopic (exact) mass is 433 g/mol. The van der Waals surface area contributed by atoms with Gasteiger partial charge in [0.1, 0.15) is 5.75 Å². The van der Waals surface area contributed by atoms with Gasteiger partial charge in [-0.3, -0.25) is 4.79 Å². The molecule has 0 aromatic heterocycles. The summed E-state index contributed by atoms with van der Waals surface area (Å²) < 4.78 is 45.3. The van der Waals surface area contributed by atoms with E-state index in [9.17, 15) is 27.9 Å². The quantitative estimate of drug-likeness (QED) is 0.609. The van der Waals surface area contributed by atoms with Crippen LogP contribution >= 0.6 is 0 Å². The summed E-state index contributed by atoms with van der Waals surface area (Å²) in [5.41, 5.74) is 7.25. The molecule has 0 radical (unpaired) electrons. The number of hydrogen-bond acceptors (Lipinski definition) is 3. The highest BCUT2D eigenvalue weighted by atomic mass is 19.4. The van der Waals surface area contributed by atoms with Crippen LogP contribution in [0.1, 0.15) is 41.5 Å². The van der Waals surface area contributed by atoms with Crippen LogP contribution in [0.4, 0.5) is 13.2 Å². The van der Waals surface area contributed by atoms with E-state index in [0.717, 1.165) is 22.8 Å². The summed E-state index contributed by atoms with van der Waals surface area (Å²) in [7, 11) is 0. The first-order chi connectivity index (χ1) is 14.6. The van der Waals surface area contributed by atoms with E-state index in [2.05, 4.69) is 0 Å². The molecule has 8 heteroatoms. The van der Waals surface area contributed by atoms with Gasteiger partial charge in [-0.15, -0.1) is 0 Å². The number of aliphatic carboxylic acids is 1. The highest BCUT2D eigenvalue weighted by Crippen LogP contribution is 2.39.